The summed E-state index contributed by atoms with van der Waals surface area (Å²) in [5.74, 6) is 0. The number of rotatable bonds is 6. The van der Waals surface area contributed by atoms with E-state index in [9.17, 15) is 20.0 Å². The molecular formula is C14H19N3O5. The lowest BCUT2D eigenvalue weighted by Crippen LogP contribution is -2.33. The zero-order valence-electron chi connectivity index (χ0n) is 12.8. The fourth-order valence-corrected chi connectivity index (χ4v) is 2.46. The van der Waals surface area contributed by atoms with Gasteiger partial charge in [-0.15, -0.1) is 0 Å². The van der Waals surface area contributed by atoms with Gasteiger partial charge in [0.2, 0.25) is 0 Å². The molecule has 0 saturated heterocycles. The van der Waals surface area contributed by atoms with E-state index in [4.69, 9.17) is 4.74 Å². The molecule has 1 N–H and O–H groups in total. The van der Waals surface area contributed by atoms with Crippen molar-refractivity contribution < 1.29 is 14.8 Å². The van der Waals surface area contributed by atoms with Crippen molar-refractivity contribution in [1.29, 1.82) is 0 Å². The Kier molecular flexibility index (Phi) is 4.34. The summed E-state index contributed by atoms with van der Waals surface area (Å²) in [5, 5.41) is 21.0. The summed E-state index contributed by atoms with van der Waals surface area (Å²) < 4.78 is 7.81. The van der Waals surface area contributed by atoms with Crippen LogP contribution < -0.4 is 5.69 Å². The zero-order chi connectivity index (χ0) is 16.5. The average Bonchev–Trinajstić information content (AvgIpc) is 2.68. The lowest BCUT2D eigenvalue weighted by molar-refractivity contribution is -0.384. The number of hydrogen-bond acceptors (Lipinski definition) is 5. The highest BCUT2D eigenvalue weighted by Crippen LogP contribution is 2.21. The molecule has 2 rings (SSSR count). The first kappa shape index (κ1) is 16.2. The summed E-state index contributed by atoms with van der Waals surface area (Å²) in [5.41, 5.74) is -0.326. The number of benzene rings is 1. The number of nitro benzene ring substituents is 1. The molecule has 0 aliphatic rings. The van der Waals surface area contributed by atoms with Gasteiger partial charge in [0.05, 0.1) is 28.2 Å². The van der Waals surface area contributed by atoms with Crippen molar-refractivity contribution >= 4 is 16.7 Å². The molecule has 0 saturated carbocycles. The second kappa shape index (κ2) is 5.90. The van der Waals surface area contributed by atoms with Gasteiger partial charge in [-0.2, -0.15) is 0 Å². The molecule has 1 heterocycles. The first-order valence-corrected chi connectivity index (χ1v) is 6.82. The van der Waals surface area contributed by atoms with Gasteiger partial charge >= 0.3 is 5.69 Å². The molecule has 0 amide bonds. The van der Waals surface area contributed by atoms with Crippen molar-refractivity contribution in [3.8, 4) is 0 Å². The first-order valence-electron chi connectivity index (χ1n) is 6.82. The van der Waals surface area contributed by atoms with E-state index >= 15 is 0 Å². The summed E-state index contributed by atoms with van der Waals surface area (Å²) in [4.78, 5) is 22.7. The fraction of sp³-hybridized carbons (Fsp3) is 0.500. The number of methoxy groups -OCH3 is 1. The van der Waals surface area contributed by atoms with Crippen LogP contribution in [0.15, 0.2) is 23.0 Å². The van der Waals surface area contributed by atoms with Gasteiger partial charge in [0, 0.05) is 32.8 Å². The van der Waals surface area contributed by atoms with Crippen molar-refractivity contribution in [2.75, 3.05) is 13.7 Å². The predicted octanol–water partition coefficient (Wildman–Crippen LogP) is 1.04. The molecule has 1 atom stereocenters. The van der Waals surface area contributed by atoms with Gasteiger partial charge in [-0.25, -0.2) is 4.79 Å². The van der Waals surface area contributed by atoms with Crippen LogP contribution >= 0.6 is 0 Å². The van der Waals surface area contributed by atoms with Crippen molar-refractivity contribution in [2.24, 2.45) is 7.05 Å². The second-order valence-electron chi connectivity index (χ2n) is 5.60. The van der Waals surface area contributed by atoms with Gasteiger partial charge in [-0.05, 0) is 19.4 Å². The summed E-state index contributed by atoms with van der Waals surface area (Å²) in [6.45, 7) is 2.01. The van der Waals surface area contributed by atoms with Crippen LogP contribution in [0.1, 0.15) is 13.3 Å². The summed E-state index contributed by atoms with van der Waals surface area (Å²) in [6.07, 6.45) is 0.294. The maximum atomic E-state index is 12.3. The third-order valence-electron chi connectivity index (χ3n) is 3.67. The summed E-state index contributed by atoms with van der Waals surface area (Å²) in [7, 11) is 3.10. The highest BCUT2D eigenvalue weighted by atomic mass is 16.6. The minimum absolute atomic E-state index is 0.0736. The van der Waals surface area contributed by atoms with Crippen LogP contribution in [0, 0.1) is 10.1 Å². The first-order chi connectivity index (χ1) is 10.3. The molecule has 0 bridgehead atoms. The monoisotopic (exact) mass is 309 g/mol. The lowest BCUT2D eigenvalue weighted by atomic mass is 10.0. The third kappa shape index (κ3) is 3.02. The molecular weight excluding hydrogens is 290 g/mol. The molecule has 0 fully saturated rings. The molecule has 1 unspecified atom stereocenters. The molecule has 1 aromatic carbocycles. The van der Waals surface area contributed by atoms with Crippen LogP contribution in [0.4, 0.5) is 5.69 Å². The molecule has 0 aliphatic heterocycles. The number of nitrogens with zero attached hydrogens (tertiary/aromatic N) is 3. The Labute approximate surface area is 126 Å². The van der Waals surface area contributed by atoms with Gasteiger partial charge in [-0.3, -0.25) is 19.2 Å². The lowest BCUT2D eigenvalue weighted by Gasteiger charge is -2.22. The van der Waals surface area contributed by atoms with Crippen molar-refractivity contribution in [3.63, 3.8) is 0 Å². The minimum Gasteiger partial charge on any atom is -0.388 e. The van der Waals surface area contributed by atoms with E-state index in [0.717, 1.165) is 0 Å². The number of imidazole rings is 1. The van der Waals surface area contributed by atoms with Gasteiger partial charge in [0.1, 0.15) is 0 Å². The molecule has 0 aliphatic carbocycles. The van der Waals surface area contributed by atoms with E-state index in [1.807, 2.05) is 0 Å². The molecule has 2 aromatic rings. The number of nitro groups is 1. The molecule has 22 heavy (non-hydrogen) atoms. The van der Waals surface area contributed by atoms with E-state index in [1.54, 1.807) is 20.0 Å². The number of aliphatic hydroxyl groups is 1. The number of aryl methyl sites for hydroxylation is 2. The van der Waals surface area contributed by atoms with E-state index in [1.165, 1.54) is 28.4 Å². The predicted molar refractivity (Wildman–Crippen MR) is 81.0 cm³/mol. The number of non-ortho nitro benzene ring substituents is 1. The molecule has 120 valence electrons. The number of hydrogen-bond donors (Lipinski definition) is 1. The van der Waals surface area contributed by atoms with Gasteiger partial charge in [-0.1, -0.05) is 0 Å². The van der Waals surface area contributed by atoms with Gasteiger partial charge in [0.15, 0.2) is 0 Å². The van der Waals surface area contributed by atoms with Crippen molar-refractivity contribution in [1.82, 2.24) is 9.13 Å². The smallest absolute Gasteiger partial charge is 0.328 e. The molecule has 8 nitrogen and oxygen atoms in total. The van der Waals surface area contributed by atoms with Gasteiger partial charge < -0.3 is 9.84 Å². The van der Waals surface area contributed by atoms with Crippen LogP contribution in [-0.4, -0.2) is 38.5 Å². The minimum atomic E-state index is -1.07. The third-order valence-corrected chi connectivity index (χ3v) is 3.67. The normalized spacial score (nSPS) is 14.2. The molecule has 8 heteroatoms. The number of fused-ring (bicyclic) bond motifs is 1. The summed E-state index contributed by atoms with van der Waals surface area (Å²) >= 11 is 0. The Morgan fingerprint density at radius 2 is 2.09 bits per heavy atom. The SMILES string of the molecule is COCC(C)(O)CCn1c(=O)n(C)c2ccc([N+](=O)[O-])cc21. The van der Waals surface area contributed by atoms with Crippen LogP contribution in [-0.2, 0) is 18.3 Å². The van der Waals surface area contributed by atoms with Crippen LogP contribution in [0.3, 0.4) is 0 Å². The van der Waals surface area contributed by atoms with E-state index < -0.39 is 10.5 Å². The second-order valence-corrected chi connectivity index (χ2v) is 5.60. The van der Waals surface area contributed by atoms with E-state index in [0.29, 0.717) is 17.5 Å². The van der Waals surface area contributed by atoms with Crippen LogP contribution in [0.5, 0.6) is 0 Å². The summed E-state index contributed by atoms with van der Waals surface area (Å²) in [6, 6.07) is 4.30. The van der Waals surface area contributed by atoms with Crippen LogP contribution in [0.25, 0.3) is 11.0 Å². The fourth-order valence-electron chi connectivity index (χ4n) is 2.46. The van der Waals surface area contributed by atoms with E-state index in [2.05, 4.69) is 0 Å². The van der Waals surface area contributed by atoms with E-state index in [-0.39, 0.29) is 24.5 Å². The Bertz CT molecular complexity index is 760. The van der Waals surface area contributed by atoms with Crippen molar-refractivity contribution in [2.45, 2.75) is 25.5 Å². The van der Waals surface area contributed by atoms with Gasteiger partial charge in [0.25, 0.3) is 5.69 Å². The number of ether oxygens (including phenoxy) is 1. The maximum Gasteiger partial charge on any atom is 0.328 e. The zero-order valence-corrected chi connectivity index (χ0v) is 12.8. The molecule has 0 radical (unpaired) electrons. The standard InChI is InChI=1S/C14H19N3O5/c1-14(19,9-22-3)6-7-16-12-8-10(17(20)21)4-5-11(12)15(2)13(16)18/h4-5,8,19H,6-7,9H2,1-3H3. The Morgan fingerprint density at radius 1 is 1.41 bits per heavy atom. The highest BCUT2D eigenvalue weighted by molar-refractivity contribution is 5.78. The Balaban J connectivity index is 2.44. The average molecular weight is 309 g/mol. The largest absolute Gasteiger partial charge is 0.388 e. The highest BCUT2D eigenvalue weighted by Gasteiger charge is 2.22. The maximum absolute atomic E-state index is 12.3. The van der Waals surface area contributed by atoms with Crippen molar-refractivity contribution in [3.05, 3.63) is 38.8 Å². The number of aromatic nitrogens is 2. The molecule has 1 aromatic heterocycles. The Morgan fingerprint density at radius 3 is 2.68 bits per heavy atom. The van der Waals surface area contributed by atoms with Crippen LogP contribution in [0.2, 0.25) is 0 Å². The quantitative estimate of drug-likeness (QED) is 0.634. The molecule has 0 spiro atoms. The topological polar surface area (TPSA) is 99.5 Å². The Hall–Kier alpha value is -2.19.